The molecule has 2 aromatic carbocycles. The van der Waals surface area contributed by atoms with E-state index in [1.54, 1.807) is 49.4 Å². The number of rotatable bonds is 5. The van der Waals surface area contributed by atoms with Gasteiger partial charge in [0.2, 0.25) is 0 Å². The molecule has 25 heavy (non-hydrogen) atoms. The lowest BCUT2D eigenvalue weighted by Crippen LogP contribution is -2.32. The van der Waals surface area contributed by atoms with Gasteiger partial charge in [0.1, 0.15) is 11.6 Å². The molecule has 134 valence electrons. The number of nitrogens with zero attached hydrogens (tertiary/aromatic N) is 1. The number of ether oxygens (including phenoxy) is 1. The third-order valence-corrected chi connectivity index (χ3v) is 5.22. The number of aliphatic imine (C=N–C) groups is 1. The lowest BCUT2D eigenvalue weighted by molar-refractivity contribution is 0.415. The van der Waals surface area contributed by atoms with Gasteiger partial charge in [-0.05, 0) is 50.6 Å². The molecule has 7 heteroatoms. The zero-order valence-corrected chi connectivity index (χ0v) is 16.1. The first kappa shape index (κ1) is 19.3. The molecule has 0 atom stereocenters. The smallest absolute Gasteiger partial charge is 0.263 e. The molecule has 2 aromatic rings. The molecular formula is C18H21ClN2O3S. The molecule has 0 aliphatic carbocycles. The third kappa shape index (κ3) is 4.74. The van der Waals surface area contributed by atoms with Crippen LogP contribution in [0.2, 0.25) is 5.02 Å². The van der Waals surface area contributed by atoms with E-state index in [9.17, 15) is 8.42 Å². The van der Waals surface area contributed by atoms with Gasteiger partial charge in [-0.25, -0.2) is 8.42 Å². The van der Waals surface area contributed by atoms with Crippen molar-refractivity contribution in [1.29, 1.82) is 0 Å². The number of nitrogens with one attached hydrogen (secondary N) is 1. The highest BCUT2D eigenvalue weighted by molar-refractivity contribution is 7.90. The van der Waals surface area contributed by atoms with E-state index in [4.69, 9.17) is 16.3 Å². The Kier molecular flexibility index (Phi) is 6.08. The quantitative estimate of drug-likeness (QED) is 0.633. The zero-order valence-electron chi connectivity index (χ0n) is 14.6. The second-order valence-corrected chi connectivity index (χ2v) is 7.85. The van der Waals surface area contributed by atoms with Crippen LogP contribution in [0.15, 0.2) is 52.4 Å². The van der Waals surface area contributed by atoms with Gasteiger partial charge in [0.15, 0.2) is 0 Å². The molecule has 0 aromatic heterocycles. The first-order chi connectivity index (χ1) is 11.7. The summed E-state index contributed by atoms with van der Waals surface area (Å²) in [5.41, 5.74) is 1.23. The maximum absolute atomic E-state index is 12.8. The van der Waals surface area contributed by atoms with Crippen LogP contribution in [0.25, 0.3) is 0 Å². The topological polar surface area (TPSA) is 67.8 Å². The molecular weight excluding hydrogens is 360 g/mol. The number of sulfonamides is 1. The first-order valence-corrected chi connectivity index (χ1v) is 9.61. The van der Waals surface area contributed by atoms with Crippen molar-refractivity contribution in [3.05, 3.63) is 58.6 Å². The molecule has 0 aliphatic heterocycles. The molecule has 5 nitrogen and oxygen atoms in total. The predicted molar refractivity (Wildman–Crippen MR) is 101 cm³/mol. The Morgan fingerprint density at radius 3 is 2.44 bits per heavy atom. The Morgan fingerprint density at radius 2 is 1.88 bits per heavy atom. The highest BCUT2D eigenvalue weighted by atomic mass is 35.5. The monoisotopic (exact) mass is 380 g/mol. The first-order valence-electron chi connectivity index (χ1n) is 7.74. The van der Waals surface area contributed by atoms with Crippen molar-refractivity contribution in [2.45, 2.75) is 31.7 Å². The van der Waals surface area contributed by atoms with Gasteiger partial charge < -0.3 is 4.74 Å². The summed E-state index contributed by atoms with van der Waals surface area (Å²) in [6.07, 6.45) is 0. The molecule has 0 aliphatic rings. The van der Waals surface area contributed by atoms with Crippen LogP contribution >= 0.6 is 11.6 Å². The fourth-order valence-electron chi connectivity index (χ4n) is 2.27. The minimum Gasteiger partial charge on any atom is -0.495 e. The van der Waals surface area contributed by atoms with E-state index >= 15 is 0 Å². The number of halogens is 1. The molecule has 0 saturated carbocycles. The van der Waals surface area contributed by atoms with E-state index in [0.717, 1.165) is 0 Å². The van der Waals surface area contributed by atoms with Gasteiger partial charge >= 0.3 is 0 Å². The Labute approximate surface area is 153 Å². The second-order valence-electron chi connectivity index (χ2n) is 5.79. The van der Waals surface area contributed by atoms with Crippen LogP contribution in [0, 0.1) is 6.92 Å². The van der Waals surface area contributed by atoms with Crippen LogP contribution in [-0.2, 0) is 10.0 Å². The SMILES string of the molecule is COc1ccc(C(=NC(C)C)NS(=O)(=O)c2ccccc2C)cc1Cl. The zero-order chi connectivity index (χ0) is 18.6. The van der Waals surface area contributed by atoms with Crippen LogP contribution < -0.4 is 9.46 Å². The Morgan fingerprint density at radius 1 is 1.20 bits per heavy atom. The molecule has 0 saturated heterocycles. The number of methoxy groups -OCH3 is 1. The van der Waals surface area contributed by atoms with Crippen molar-refractivity contribution < 1.29 is 13.2 Å². The minimum absolute atomic E-state index is 0.101. The van der Waals surface area contributed by atoms with E-state index in [-0.39, 0.29) is 16.8 Å². The van der Waals surface area contributed by atoms with Crippen LogP contribution in [-0.4, -0.2) is 27.4 Å². The maximum atomic E-state index is 12.8. The van der Waals surface area contributed by atoms with Gasteiger partial charge in [-0.3, -0.25) is 9.71 Å². The van der Waals surface area contributed by atoms with Gasteiger partial charge in [0, 0.05) is 11.6 Å². The molecule has 0 fully saturated rings. The summed E-state index contributed by atoms with van der Waals surface area (Å²) in [6.45, 7) is 5.48. The van der Waals surface area contributed by atoms with Gasteiger partial charge in [-0.1, -0.05) is 29.8 Å². The number of aryl methyl sites for hydroxylation is 1. The lowest BCUT2D eigenvalue weighted by atomic mass is 10.2. The van der Waals surface area contributed by atoms with Crippen LogP contribution in [0.1, 0.15) is 25.0 Å². The fourth-order valence-corrected chi connectivity index (χ4v) is 3.81. The summed E-state index contributed by atoms with van der Waals surface area (Å²) in [6, 6.07) is 11.7. The normalized spacial score (nSPS) is 12.3. The summed E-state index contributed by atoms with van der Waals surface area (Å²) in [5, 5.41) is 0.381. The standard InChI is InChI=1S/C18H21ClN2O3S/c1-12(2)20-18(14-9-10-16(24-4)15(19)11-14)21-25(22,23)17-8-6-5-7-13(17)3/h5-12H,1-4H3,(H,20,21). The lowest BCUT2D eigenvalue weighted by Gasteiger charge is -2.15. The van der Waals surface area contributed by atoms with Gasteiger partial charge in [-0.2, -0.15) is 0 Å². The van der Waals surface area contributed by atoms with Gasteiger partial charge in [0.05, 0.1) is 17.0 Å². The number of hydrogen-bond acceptors (Lipinski definition) is 4. The molecule has 0 radical (unpaired) electrons. The summed E-state index contributed by atoms with van der Waals surface area (Å²) < 4.78 is 33.3. The third-order valence-electron chi connectivity index (χ3n) is 3.43. The molecule has 0 heterocycles. The number of hydrogen-bond donors (Lipinski definition) is 1. The average Bonchev–Trinajstić information content (AvgIpc) is 2.53. The Bertz CT molecular complexity index is 893. The van der Waals surface area contributed by atoms with Gasteiger partial charge in [0.25, 0.3) is 10.0 Å². The van der Waals surface area contributed by atoms with Crippen molar-refractivity contribution in [2.75, 3.05) is 7.11 Å². The van der Waals surface area contributed by atoms with Crippen molar-refractivity contribution in [2.24, 2.45) is 4.99 Å². The molecule has 0 unspecified atom stereocenters. The van der Waals surface area contributed by atoms with Crippen molar-refractivity contribution in [3.63, 3.8) is 0 Å². The number of amidine groups is 1. The summed E-state index contributed by atoms with van der Waals surface area (Å²) in [4.78, 5) is 4.63. The largest absolute Gasteiger partial charge is 0.495 e. The Hall–Kier alpha value is -2.05. The highest BCUT2D eigenvalue weighted by Gasteiger charge is 2.20. The van der Waals surface area contributed by atoms with E-state index in [0.29, 0.717) is 21.9 Å². The summed E-state index contributed by atoms with van der Waals surface area (Å²) in [7, 11) is -2.25. The maximum Gasteiger partial charge on any atom is 0.263 e. The van der Waals surface area contributed by atoms with Crippen LogP contribution in [0.3, 0.4) is 0 Å². The summed E-state index contributed by atoms with van der Waals surface area (Å²) >= 11 is 6.17. The van der Waals surface area contributed by atoms with Crippen molar-refractivity contribution >= 4 is 27.5 Å². The second kappa shape index (κ2) is 7.89. The molecule has 0 bridgehead atoms. The van der Waals surface area contributed by atoms with Gasteiger partial charge in [-0.15, -0.1) is 0 Å². The van der Waals surface area contributed by atoms with E-state index in [1.807, 2.05) is 13.8 Å². The van der Waals surface area contributed by atoms with Crippen LogP contribution in [0.4, 0.5) is 0 Å². The summed E-state index contributed by atoms with van der Waals surface area (Å²) in [5.74, 6) is 0.749. The van der Waals surface area contributed by atoms with Crippen molar-refractivity contribution in [3.8, 4) is 5.75 Å². The van der Waals surface area contributed by atoms with Crippen molar-refractivity contribution in [1.82, 2.24) is 4.72 Å². The molecule has 1 N–H and O–H groups in total. The van der Waals surface area contributed by atoms with E-state index in [2.05, 4.69) is 9.71 Å². The highest BCUT2D eigenvalue weighted by Crippen LogP contribution is 2.25. The average molecular weight is 381 g/mol. The molecule has 0 amide bonds. The van der Waals surface area contributed by atoms with E-state index in [1.165, 1.54) is 7.11 Å². The minimum atomic E-state index is -3.77. The fraction of sp³-hybridized carbons (Fsp3) is 0.278. The molecule has 2 rings (SSSR count). The van der Waals surface area contributed by atoms with E-state index < -0.39 is 10.0 Å². The van der Waals surface area contributed by atoms with Crippen LogP contribution in [0.5, 0.6) is 5.75 Å². The molecule has 0 spiro atoms. The Balaban J connectivity index is 2.46. The predicted octanol–water partition coefficient (Wildman–Crippen LogP) is 3.79. The number of benzene rings is 2.